The number of likely N-dealkylation sites (N-methyl/N-ethyl adjacent to an activating group) is 1. The maximum absolute atomic E-state index is 11.9. The lowest BCUT2D eigenvalue weighted by molar-refractivity contribution is -0.140. The summed E-state index contributed by atoms with van der Waals surface area (Å²) >= 11 is 0. The Labute approximate surface area is 106 Å². The predicted molar refractivity (Wildman–Crippen MR) is 66.4 cm³/mol. The smallest absolute Gasteiger partial charge is 0.305 e. The maximum Gasteiger partial charge on any atom is 0.305 e. The van der Waals surface area contributed by atoms with E-state index in [0.717, 1.165) is 0 Å². The Morgan fingerprint density at radius 3 is 2.50 bits per heavy atom. The number of rotatable bonds is 6. The molecule has 0 spiro atoms. The van der Waals surface area contributed by atoms with Crippen molar-refractivity contribution in [2.75, 3.05) is 13.6 Å². The molecule has 98 valence electrons. The summed E-state index contributed by atoms with van der Waals surface area (Å²) < 4.78 is 5.47. The molecule has 0 saturated carbocycles. The highest BCUT2D eigenvalue weighted by Gasteiger charge is 2.19. The number of ether oxygens (including phenoxy) is 1. The quantitative estimate of drug-likeness (QED) is 0.829. The molecule has 1 aromatic rings. The minimum atomic E-state index is -0.925. The lowest BCUT2D eigenvalue weighted by Gasteiger charge is -2.21. The van der Waals surface area contributed by atoms with Gasteiger partial charge in [-0.3, -0.25) is 9.59 Å². The van der Waals surface area contributed by atoms with Crippen LogP contribution in [-0.4, -0.2) is 41.6 Å². The van der Waals surface area contributed by atoms with Gasteiger partial charge in [0.25, 0.3) is 5.91 Å². The van der Waals surface area contributed by atoms with Crippen LogP contribution in [0.5, 0.6) is 5.75 Å². The van der Waals surface area contributed by atoms with E-state index in [-0.39, 0.29) is 18.9 Å². The Kier molecular flexibility index (Phi) is 5.17. The average molecular weight is 251 g/mol. The molecule has 0 aliphatic carbocycles. The zero-order chi connectivity index (χ0) is 13.5. The number of para-hydroxylation sites is 1. The summed E-state index contributed by atoms with van der Waals surface area (Å²) in [6.07, 6.45) is -0.702. The van der Waals surface area contributed by atoms with Gasteiger partial charge in [0.1, 0.15) is 5.75 Å². The molecule has 0 fully saturated rings. The van der Waals surface area contributed by atoms with Crippen molar-refractivity contribution in [3.05, 3.63) is 30.3 Å². The number of carbonyl (C=O) groups excluding carboxylic acids is 1. The van der Waals surface area contributed by atoms with Gasteiger partial charge in [-0.2, -0.15) is 0 Å². The summed E-state index contributed by atoms with van der Waals surface area (Å²) in [7, 11) is 1.57. The molecule has 5 heteroatoms. The van der Waals surface area contributed by atoms with Crippen LogP contribution in [0, 0.1) is 0 Å². The molecule has 0 bridgehead atoms. The molecule has 0 saturated heterocycles. The molecular weight excluding hydrogens is 234 g/mol. The van der Waals surface area contributed by atoms with Gasteiger partial charge in [0.05, 0.1) is 6.42 Å². The second kappa shape index (κ2) is 6.64. The molecule has 18 heavy (non-hydrogen) atoms. The van der Waals surface area contributed by atoms with Gasteiger partial charge in [-0.05, 0) is 19.1 Å². The van der Waals surface area contributed by atoms with Crippen LogP contribution >= 0.6 is 0 Å². The van der Waals surface area contributed by atoms with Crippen LogP contribution in [0.4, 0.5) is 0 Å². The minimum absolute atomic E-state index is 0.0691. The van der Waals surface area contributed by atoms with Gasteiger partial charge < -0.3 is 14.7 Å². The van der Waals surface area contributed by atoms with Gasteiger partial charge in [0.2, 0.25) is 0 Å². The van der Waals surface area contributed by atoms with Crippen molar-refractivity contribution in [3.8, 4) is 5.75 Å². The summed E-state index contributed by atoms with van der Waals surface area (Å²) in [6, 6.07) is 9.03. The molecule has 0 radical (unpaired) electrons. The van der Waals surface area contributed by atoms with Crippen molar-refractivity contribution in [1.29, 1.82) is 0 Å². The van der Waals surface area contributed by atoms with Crippen LogP contribution in [0.3, 0.4) is 0 Å². The van der Waals surface area contributed by atoms with Gasteiger partial charge >= 0.3 is 5.97 Å². The van der Waals surface area contributed by atoms with Gasteiger partial charge in [-0.25, -0.2) is 0 Å². The fraction of sp³-hybridized carbons (Fsp3) is 0.385. The average Bonchev–Trinajstić information content (AvgIpc) is 2.36. The fourth-order valence-corrected chi connectivity index (χ4v) is 1.44. The van der Waals surface area contributed by atoms with E-state index in [1.165, 1.54) is 4.90 Å². The third kappa shape index (κ3) is 4.45. The van der Waals surface area contributed by atoms with Crippen LogP contribution in [0.2, 0.25) is 0 Å². The Balaban J connectivity index is 2.48. The summed E-state index contributed by atoms with van der Waals surface area (Å²) in [5.41, 5.74) is 0. The normalized spacial score (nSPS) is 11.7. The number of aliphatic carboxylic acids is 1. The topological polar surface area (TPSA) is 66.8 Å². The molecule has 0 aliphatic heterocycles. The predicted octanol–water partition coefficient (Wildman–Crippen LogP) is 1.39. The summed E-state index contributed by atoms with van der Waals surface area (Å²) in [5, 5.41) is 8.55. The highest BCUT2D eigenvalue weighted by molar-refractivity contribution is 5.81. The zero-order valence-electron chi connectivity index (χ0n) is 10.5. The van der Waals surface area contributed by atoms with E-state index in [4.69, 9.17) is 9.84 Å². The zero-order valence-corrected chi connectivity index (χ0v) is 10.5. The first kappa shape index (κ1) is 14.0. The van der Waals surface area contributed by atoms with Crippen molar-refractivity contribution >= 4 is 11.9 Å². The molecule has 1 N–H and O–H groups in total. The van der Waals surface area contributed by atoms with Crippen LogP contribution in [0.1, 0.15) is 13.3 Å². The first-order valence-electron chi connectivity index (χ1n) is 5.69. The maximum atomic E-state index is 11.9. The van der Waals surface area contributed by atoms with Gasteiger partial charge in [0, 0.05) is 13.6 Å². The van der Waals surface area contributed by atoms with Crippen LogP contribution in [0.25, 0.3) is 0 Å². The number of amides is 1. The van der Waals surface area contributed by atoms with E-state index >= 15 is 0 Å². The van der Waals surface area contributed by atoms with Gasteiger partial charge in [-0.1, -0.05) is 18.2 Å². The number of carbonyl (C=O) groups is 2. The van der Waals surface area contributed by atoms with Crippen molar-refractivity contribution in [2.45, 2.75) is 19.4 Å². The van der Waals surface area contributed by atoms with E-state index in [2.05, 4.69) is 0 Å². The number of carboxylic acids is 1. The first-order valence-corrected chi connectivity index (χ1v) is 5.69. The standard InChI is InChI=1S/C13H17NO4/c1-10(18-11-6-4-3-5-7-11)13(17)14(2)9-8-12(15)16/h3-7,10H,8-9H2,1-2H3,(H,15,16). The lowest BCUT2D eigenvalue weighted by atomic mass is 10.3. The van der Waals surface area contributed by atoms with Crippen molar-refractivity contribution < 1.29 is 19.4 Å². The molecule has 1 rings (SSSR count). The summed E-state index contributed by atoms with van der Waals surface area (Å²) in [6.45, 7) is 1.82. The Bertz CT molecular complexity index is 405. The number of hydrogen-bond acceptors (Lipinski definition) is 3. The highest BCUT2D eigenvalue weighted by atomic mass is 16.5. The van der Waals surface area contributed by atoms with Crippen molar-refractivity contribution in [2.24, 2.45) is 0 Å². The second-order valence-corrected chi connectivity index (χ2v) is 3.98. The Hall–Kier alpha value is -2.04. The molecule has 0 heterocycles. The second-order valence-electron chi connectivity index (χ2n) is 3.98. The third-order valence-electron chi connectivity index (χ3n) is 2.44. The molecule has 1 unspecified atom stereocenters. The van der Waals surface area contributed by atoms with Crippen molar-refractivity contribution in [3.63, 3.8) is 0 Å². The van der Waals surface area contributed by atoms with E-state index in [1.807, 2.05) is 18.2 Å². The molecule has 1 atom stereocenters. The number of benzene rings is 1. The summed E-state index contributed by atoms with van der Waals surface area (Å²) in [4.78, 5) is 23.6. The monoisotopic (exact) mass is 251 g/mol. The third-order valence-corrected chi connectivity index (χ3v) is 2.44. The first-order chi connectivity index (χ1) is 8.50. The number of hydrogen-bond donors (Lipinski definition) is 1. The molecule has 1 aromatic carbocycles. The number of nitrogens with zero attached hydrogens (tertiary/aromatic N) is 1. The summed E-state index contributed by atoms with van der Waals surface area (Å²) in [5.74, 6) is -0.545. The SMILES string of the molecule is CC(Oc1ccccc1)C(=O)N(C)CCC(=O)O. The lowest BCUT2D eigenvalue weighted by Crippen LogP contribution is -2.38. The largest absolute Gasteiger partial charge is 0.481 e. The van der Waals surface area contributed by atoms with Gasteiger partial charge in [-0.15, -0.1) is 0 Å². The van der Waals surface area contributed by atoms with Crippen LogP contribution in [-0.2, 0) is 9.59 Å². The fourth-order valence-electron chi connectivity index (χ4n) is 1.44. The molecule has 0 aliphatic rings. The highest BCUT2D eigenvalue weighted by Crippen LogP contribution is 2.11. The van der Waals surface area contributed by atoms with E-state index in [9.17, 15) is 9.59 Å². The van der Waals surface area contributed by atoms with Crippen LogP contribution < -0.4 is 4.74 Å². The number of carboxylic acid groups (broad SMARTS) is 1. The van der Waals surface area contributed by atoms with E-state index in [0.29, 0.717) is 5.75 Å². The van der Waals surface area contributed by atoms with Gasteiger partial charge in [0.15, 0.2) is 6.10 Å². The molecule has 1 amide bonds. The molecule has 5 nitrogen and oxygen atoms in total. The van der Waals surface area contributed by atoms with E-state index in [1.54, 1.807) is 26.1 Å². The Morgan fingerprint density at radius 1 is 1.33 bits per heavy atom. The van der Waals surface area contributed by atoms with Crippen LogP contribution in [0.15, 0.2) is 30.3 Å². The Morgan fingerprint density at radius 2 is 1.94 bits per heavy atom. The van der Waals surface area contributed by atoms with E-state index < -0.39 is 12.1 Å². The van der Waals surface area contributed by atoms with Crippen molar-refractivity contribution in [1.82, 2.24) is 4.90 Å². The molecular formula is C13H17NO4. The minimum Gasteiger partial charge on any atom is -0.481 e. The molecule has 0 aromatic heterocycles.